The van der Waals surface area contributed by atoms with Gasteiger partial charge in [0.15, 0.2) is 0 Å². The molecule has 2 aromatic carbocycles. The van der Waals surface area contributed by atoms with Crippen LogP contribution in [0.15, 0.2) is 60.3 Å². The van der Waals surface area contributed by atoms with Gasteiger partial charge in [-0.15, -0.1) is 0 Å². The van der Waals surface area contributed by atoms with Crippen LogP contribution < -0.4 is 25.8 Å². The average Bonchev–Trinajstić information content (AvgIpc) is 2.90. The van der Waals surface area contributed by atoms with Crippen LogP contribution in [0.3, 0.4) is 0 Å². The third kappa shape index (κ3) is 4.72. The lowest BCUT2D eigenvalue weighted by molar-refractivity contribution is -0.0340. The minimum atomic E-state index is -0.00553. The van der Waals surface area contributed by atoms with Gasteiger partial charge in [0.2, 0.25) is 0 Å². The molecule has 0 radical (unpaired) electrons. The zero-order chi connectivity index (χ0) is 23.3. The Balaban J connectivity index is 1.35. The lowest BCUT2D eigenvalue weighted by atomic mass is 10.0. The molecule has 34 heavy (non-hydrogen) atoms. The number of methoxy groups -OCH3 is 1. The van der Waals surface area contributed by atoms with Crippen molar-refractivity contribution in [3.8, 4) is 22.9 Å². The molecule has 3 aliphatic heterocycles. The van der Waals surface area contributed by atoms with E-state index >= 15 is 0 Å². The minimum Gasteiger partial charge on any atom is -0.490 e. The van der Waals surface area contributed by atoms with Crippen LogP contribution in [0, 0.1) is 11.3 Å². The highest BCUT2D eigenvalue weighted by atomic mass is 16.5. The highest BCUT2D eigenvalue weighted by molar-refractivity contribution is 5.68. The van der Waals surface area contributed by atoms with E-state index in [1.807, 2.05) is 42.7 Å². The van der Waals surface area contributed by atoms with Crippen LogP contribution in [0.2, 0.25) is 0 Å². The summed E-state index contributed by atoms with van der Waals surface area (Å²) < 4.78 is 12.5. The van der Waals surface area contributed by atoms with Gasteiger partial charge in [-0.3, -0.25) is 4.90 Å². The van der Waals surface area contributed by atoms with Crippen LogP contribution in [0.4, 0.5) is 0 Å². The predicted molar refractivity (Wildman–Crippen MR) is 134 cm³/mol. The molecule has 5 rings (SSSR count). The predicted octanol–water partition coefficient (Wildman–Crippen LogP) is 2.21. The molecule has 1 atom stereocenters. The van der Waals surface area contributed by atoms with Crippen LogP contribution >= 0.6 is 0 Å². The molecule has 2 N–H and O–H groups in total. The number of rotatable bonds is 6. The van der Waals surface area contributed by atoms with Crippen molar-refractivity contribution >= 4 is 12.3 Å². The molecular weight excluding hydrogens is 424 g/mol. The molecule has 3 heterocycles. The molecule has 0 spiro atoms. The van der Waals surface area contributed by atoms with Crippen molar-refractivity contribution in [2.75, 3.05) is 33.3 Å². The normalized spacial score (nSPS) is 18.8. The number of allylic oxidation sites excluding steroid dienone is 2. The van der Waals surface area contributed by atoms with Gasteiger partial charge in [0.1, 0.15) is 18.1 Å². The Bertz CT molecular complexity index is 1270. The molecule has 1 saturated heterocycles. The molecule has 0 amide bonds. The lowest BCUT2D eigenvalue weighted by Crippen LogP contribution is -2.47. The molecule has 1 unspecified atom stereocenters. The zero-order valence-electron chi connectivity index (χ0n) is 19.5. The van der Waals surface area contributed by atoms with Crippen LogP contribution in [-0.4, -0.2) is 50.5 Å². The number of nitrogens with zero attached hydrogens (tertiary/aromatic N) is 2. The van der Waals surface area contributed by atoms with Gasteiger partial charge >= 0.3 is 0 Å². The first-order chi connectivity index (χ1) is 16.7. The van der Waals surface area contributed by atoms with Crippen LogP contribution in [0.1, 0.15) is 18.4 Å². The SMILES string of the molecule is COC(C1=CC=CNC1)N1CCC(Oc2cc(-c3cccc(C#N)c3)cc3c2=CNCC=3)CC1. The fourth-order valence-electron chi connectivity index (χ4n) is 4.92. The van der Waals surface area contributed by atoms with Gasteiger partial charge in [0.25, 0.3) is 0 Å². The third-order valence-electron chi connectivity index (χ3n) is 6.66. The van der Waals surface area contributed by atoms with Gasteiger partial charge in [-0.1, -0.05) is 24.3 Å². The van der Waals surface area contributed by atoms with Crippen molar-refractivity contribution in [3.63, 3.8) is 0 Å². The van der Waals surface area contributed by atoms with E-state index in [0.29, 0.717) is 5.56 Å². The summed E-state index contributed by atoms with van der Waals surface area (Å²) in [6.07, 6.45) is 12.4. The molecule has 0 aromatic heterocycles. The topological polar surface area (TPSA) is 69.5 Å². The number of fused-ring (bicyclic) bond motifs is 1. The summed E-state index contributed by atoms with van der Waals surface area (Å²) in [5.41, 5.74) is 4.01. The van der Waals surface area contributed by atoms with E-state index in [-0.39, 0.29) is 12.3 Å². The maximum absolute atomic E-state index is 9.32. The molecule has 174 valence electrons. The summed E-state index contributed by atoms with van der Waals surface area (Å²) in [5.74, 6) is 0.893. The van der Waals surface area contributed by atoms with Crippen molar-refractivity contribution in [2.45, 2.75) is 25.2 Å². The Labute approximate surface area is 200 Å². The number of piperidine rings is 1. The number of likely N-dealkylation sites (tertiary alicyclic amines) is 1. The van der Waals surface area contributed by atoms with Gasteiger partial charge in [0.05, 0.1) is 11.6 Å². The second-order valence-corrected chi connectivity index (χ2v) is 8.85. The van der Waals surface area contributed by atoms with Crippen molar-refractivity contribution in [3.05, 3.63) is 76.3 Å². The molecule has 0 aliphatic carbocycles. The van der Waals surface area contributed by atoms with Crippen LogP contribution in [0.25, 0.3) is 23.4 Å². The third-order valence-corrected chi connectivity index (χ3v) is 6.66. The van der Waals surface area contributed by atoms with Gasteiger partial charge in [-0.05, 0) is 71.3 Å². The molecule has 6 nitrogen and oxygen atoms in total. The highest BCUT2D eigenvalue weighted by Crippen LogP contribution is 2.25. The maximum atomic E-state index is 9.32. The van der Waals surface area contributed by atoms with Crippen LogP contribution in [-0.2, 0) is 4.74 Å². The van der Waals surface area contributed by atoms with E-state index in [0.717, 1.165) is 66.3 Å². The first kappa shape index (κ1) is 22.3. The first-order valence-electron chi connectivity index (χ1n) is 11.9. The van der Waals surface area contributed by atoms with Crippen molar-refractivity contribution in [1.82, 2.24) is 15.5 Å². The van der Waals surface area contributed by atoms with Gasteiger partial charge in [-0.25, -0.2) is 0 Å². The Hall–Kier alpha value is -3.53. The van der Waals surface area contributed by atoms with Gasteiger partial charge < -0.3 is 20.1 Å². The van der Waals surface area contributed by atoms with Crippen molar-refractivity contribution in [1.29, 1.82) is 5.26 Å². The first-order valence-corrected chi connectivity index (χ1v) is 11.9. The van der Waals surface area contributed by atoms with Crippen molar-refractivity contribution in [2.24, 2.45) is 0 Å². The Morgan fingerprint density at radius 3 is 2.76 bits per heavy atom. The maximum Gasteiger partial charge on any atom is 0.134 e. The zero-order valence-corrected chi connectivity index (χ0v) is 19.5. The van der Waals surface area contributed by atoms with E-state index in [4.69, 9.17) is 9.47 Å². The number of dihydropyridines is 1. The average molecular weight is 455 g/mol. The number of nitriles is 1. The lowest BCUT2D eigenvalue weighted by Gasteiger charge is -2.38. The smallest absolute Gasteiger partial charge is 0.134 e. The quantitative estimate of drug-likeness (QED) is 0.698. The van der Waals surface area contributed by atoms with E-state index in [2.05, 4.69) is 45.9 Å². The molecule has 1 fully saturated rings. The minimum absolute atomic E-state index is 0.00553. The largest absolute Gasteiger partial charge is 0.490 e. The van der Waals surface area contributed by atoms with E-state index in [1.165, 1.54) is 5.57 Å². The molecule has 0 saturated carbocycles. The van der Waals surface area contributed by atoms with E-state index in [9.17, 15) is 5.26 Å². The number of nitrogens with one attached hydrogen (secondary N) is 2. The van der Waals surface area contributed by atoms with Crippen LogP contribution in [0.5, 0.6) is 5.75 Å². The van der Waals surface area contributed by atoms with E-state index in [1.54, 1.807) is 7.11 Å². The van der Waals surface area contributed by atoms with Gasteiger partial charge in [0, 0.05) is 44.7 Å². The number of hydrogen-bond donors (Lipinski definition) is 2. The summed E-state index contributed by atoms with van der Waals surface area (Å²) in [7, 11) is 1.78. The number of benzene rings is 2. The standard InChI is InChI=1S/C28H30N4O2/c1-33-28(23-6-3-10-30-18-23)32-12-8-25(9-13-32)34-27-16-24(15-22-7-11-31-19-26(22)27)21-5-2-4-20(14-21)17-29/h2-7,10,14-16,19,25,28,30-31H,8-9,11-13,18H2,1H3. The highest BCUT2D eigenvalue weighted by Gasteiger charge is 2.28. The summed E-state index contributed by atoms with van der Waals surface area (Å²) in [4.78, 5) is 2.40. The summed E-state index contributed by atoms with van der Waals surface area (Å²) in [6, 6.07) is 14.3. The number of hydrogen-bond acceptors (Lipinski definition) is 6. The monoisotopic (exact) mass is 454 g/mol. The second-order valence-electron chi connectivity index (χ2n) is 8.85. The molecule has 2 aromatic rings. The number of ether oxygens (including phenoxy) is 2. The summed E-state index contributed by atoms with van der Waals surface area (Å²) in [6.45, 7) is 3.45. The Kier molecular flexibility index (Phi) is 6.66. The summed E-state index contributed by atoms with van der Waals surface area (Å²) >= 11 is 0. The Morgan fingerprint density at radius 1 is 1.12 bits per heavy atom. The van der Waals surface area contributed by atoms with Gasteiger partial charge in [-0.2, -0.15) is 5.26 Å². The summed E-state index contributed by atoms with van der Waals surface area (Å²) in [5, 5.41) is 18.2. The molecular formula is C28H30N4O2. The molecule has 6 heteroatoms. The fourth-order valence-corrected chi connectivity index (χ4v) is 4.92. The van der Waals surface area contributed by atoms with Crippen molar-refractivity contribution < 1.29 is 9.47 Å². The van der Waals surface area contributed by atoms with E-state index < -0.39 is 0 Å². The fraction of sp³-hybridized carbons (Fsp3) is 0.321. The second kappa shape index (κ2) is 10.2. The molecule has 3 aliphatic rings. The Morgan fingerprint density at radius 2 is 2.00 bits per heavy atom. The molecule has 0 bridgehead atoms.